The minimum atomic E-state index is -2.72. The standard InChI is InChI=1S/C11H22O5Si/c1-6-9-17(13-4,14-5)16-11(8-3)15-10(12)7-2/h7,11H,2,6,8-9H2,1,3-5H3. The van der Waals surface area contributed by atoms with E-state index in [1.165, 1.54) is 0 Å². The average Bonchev–Trinajstić information content (AvgIpc) is 2.36. The number of carbonyl (C=O) groups is 1. The van der Waals surface area contributed by atoms with Crippen LogP contribution in [0.3, 0.4) is 0 Å². The van der Waals surface area contributed by atoms with Crippen molar-refractivity contribution >= 4 is 14.8 Å². The minimum Gasteiger partial charge on any atom is -0.433 e. The van der Waals surface area contributed by atoms with Gasteiger partial charge in [0.2, 0.25) is 0 Å². The number of carbonyl (C=O) groups excluding carboxylic acids is 1. The van der Waals surface area contributed by atoms with Gasteiger partial charge in [0.05, 0.1) is 0 Å². The second-order valence-corrected chi connectivity index (χ2v) is 6.36. The quantitative estimate of drug-likeness (QED) is 0.276. The summed E-state index contributed by atoms with van der Waals surface area (Å²) >= 11 is 0. The van der Waals surface area contributed by atoms with E-state index < -0.39 is 21.1 Å². The molecule has 0 fully saturated rings. The summed E-state index contributed by atoms with van der Waals surface area (Å²) in [6, 6.07) is 0.683. The topological polar surface area (TPSA) is 54.0 Å². The van der Waals surface area contributed by atoms with Crippen LogP contribution in [0.2, 0.25) is 6.04 Å². The molecule has 0 aliphatic rings. The van der Waals surface area contributed by atoms with Crippen LogP contribution in [-0.4, -0.2) is 35.3 Å². The Balaban J connectivity index is 4.57. The van der Waals surface area contributed by atoms with Crippen molar-refractivity contribution in [3.8, 4) is 0 Å². The molecule has 0 saturated heterocycles. The molecule has 0 bridgehead atoms. The molecule has 0 heterocycles. The third-order valence-electron chi connectivity index (χ3n) is 2.24. The monoisotopic (exact) mass is 262 g/mol. The fourth-order valence-electron chi connectivity index (χ4n) is 1.32. The molecule has 6 heteroatoms. The Morgan fingerprint density at radius 2 is 1.94 bits per heavy atom. The first-order valence-corrected chi connectivity index (χ1v) is 7.61. The van der Waals surface area contributed by atoms with Gasteiger partial charge < -0.3 is 18.0 Å². The molecule has 0 aromatic carbocycles. The molecular formula is C11H22O5Si. The fraction of sp³-hybridized carbons (Fsp3) is 0.727. The lowest BCUT2D eigenvalue weighted by atomic mass is 10.5. The molecule has 5 nitrogen and oxygen atoms in total. The van der Waals surface area contributed by atoms with Crippen LogP contribution in [-0.2, 0) is 22.8 Å². The molecule has 100 valence electrons. The molecule has 0 aromatic heterocycles. The van der Waals surface area contributed by atoms with Crippen LogP contribution in [0.25, 0.3) is 0 Å². The van der Waals surface area contributed by atoms with Crippen LogP contribution >= 0.6 is 0 Å². The molecular weight excluding hydrogens is 240 g/mol. The second kappa shape index (κ2) is 8.41. The number of hydrogen-bond donors (Lipinski definition) is 0. The first-order valence-electron chi connectivity index (χ1n) is 5.68. The zero-order valence-electron chi connectivity index (χ0n) is 11.0. The smallest absolute Gasteiger partial charge is 0.433 e. The van der Waals surface area contributed by atoms with Crippen LogP contribution in [0.1, 0.15) is 26.7 Å². The highest BCUT2D eigenvalue weighted by Gasteiger charge is 2.41. The van der Waals surface area contributed by atoms with Gasteiger partial charge in [-0.2, -0.15) is 0 Å². The zero-order chi connectivity index (χ0) is 13.3. The Bertz CT molecular complexity index is 240. The van der Waals surface area contributed by atoms with Gasteiger partial charge in [-0.25, -0.2) is 4.79 Å². The molecule has 0 saturated carbocycles. The van der Waals surface area contributed by atoms with E-state index in [9.17, 15) is 4.79 Å². The maximum absolute atomic E-state index is 11.1. The summed E-state index contributed by atoms with van der Waals surface area (Å²) < 4.78 is 21.5. The number of ether oxygens (including phenoxy) is 1. The highest BCUT2D eigenvalue weighted by Crippen LogP contribution is 2.19. The summed E-state index contributed by atoms with van der Waals surface area (Å²) in [5.74, 6) is -0.511. The summed E-state index contributed by atoms with van der Waals surface area (Å²) in [5.41, 5.74) is 0. The van der Waals surface area contributed by atoms with Crippen molar-refractivity contribution in [1.29, 1.82) is 0 Å². The molecule has 1 unspecified atom stereocenters. The predicted molar refractivity (Wildman–Crippen MR) is 66.3 cm³/mol. The van der Waals surface area contributed by atoms with E-state index in [0.29, 0.717) is 12.5 Å². The first kappa shape index (κ1) is 16.3. The molecule has 0 radical (unpaired) electrons. The largest absolute Gasteiger partial charge is 0.503 e. The Morgan fingerprint density at radius 3 is 2.29 bits per heavy atom. The molecule has 0 N–H and O–H groups in total. The van der Waals surface area contributed by atoms with E-state index in [4.69, 9.17) is 18.0 Å². The first-order chi connectivity index (χ1) is 8.07. The molecule has 0 rings (SSSR count). The van der Waals surface area contributed by atoms with E-state index in [0.717, 1.165) is 12.5 Å². The molecule has 0 spiro atoms. The maximum Gasteiger partial charge on any atom is 0.503 e. The third-order valence-corrected chi connectivity index (χ3v) is 5.22. The minimum absolute atomic E-state index is 0.511. The number of esters is 1. The van der Waals surface area contributed by atoms with Gasteiger partial charge in [-0.15, -0.1) is 0 Å². The van der Waals surface area contributed by atoms with E-state index in [1.54, 1.807) is 14.2 Å². The highest BCUT2D eigenvalue weighted by atomic mass is 28.4. The lowest BCUT2D eigenvalue weighted by Gasteiger charge is -2.29. The SMILES string of the molecule is C=CC(=O)OC(CC)O[Si](CCC)(OC)OC. The van der Waals surface area contributed by atoms with Crippen LogP contribution < -0.4 is 0 Å². The Hall–Kier alpha value is -0.693. The lowest BCUT2D eigenvalue weighted by Crippen LogP contribution is -2.47. The van der Waals surface area contributed by atoms with Gasteiger partial charge in [-0.05, 0) is 0 Å². The Labute approximate surface area is 104 Å². The molecule has 0 aromatic rings. The summed E-state index contributed by atoms with van der Waals surface area (Å²) in [6.45, 7) is 7.21. The van der Waals surface area contributed by atoms with E-state index in [2.05, 4.69) is 6.58 Å². The highest BCUT2D eigenvalue weighted by molar-refractivity contribution is 6.60. The van der Waals surface area contributed by atoms with Crippen molar-refractivity contribution < 1.29 is 22.8 Å². The summed E-state index contributed by atoms with van der Waals surface area (Å²) in [7, 11) is 0.379. The summed E-state index contributed by atoms with van der Waals surface area (Å²) in [5, 5.41) is 0. The Kier molecular flexibility index (Phi) is 8.06. The van der Waals surface area contributed by atoms with E-state index in [-0.39, 0.29) is 0 Å². The van der Waals surface area contributed by atoms with Gasteiger partial charge in [-0.3, -0.25) is 0 Å². The van der Waals surface area contributed by atoms with Crippen LogP contribution in [0.5, 0.6) is 0 Å². The molecule has 0 aliphatic carbocycles. The summed E-state index contributed by atoms with van der Waals surface area (Å²) in [6.07, 6.45) is 1.86. The molecule has 17 heavy (non-hydrogen) atoms. The second-order valence-electron chi connectivity index (χ2n) is 3.44. The van der Waals surface area contributed by atoms with Crippen molar-refractivity contribution in [3.63, 3.8) is 0 Å². The Morgan fingerprint density at radius 1 is 1.35 bits per heavy atom. The van der Waals surface area contributed by atoms with Gasteiger partial charge in [0.1, 0.15) is 0 Å². The van der Waals surface area contributed by atoms with Gasteiger partial charge in [-0.1, -0.05) is 26.8 Å². The van der Waals surface area contributed by atoms with Crippen molar-refractivity contribution in [1.82, 2.24) is 0 Å². The fourth-order valence-corrected chi connectivity index (χ4v) is 3.43. The van der Waals surface area contributed by atoms with E-state index in [1.807, 2.05) is 13.8 Å². The number of hydrogen-bond acceptors (Lipinski definition) is 5. The van der Waals surface area contributed by atoms with E-state index >= 15 is 0 Å². The van der Waals surface area contributed by atoms with Crippen LogP contribution in [0, 0.1) is 0 Å². The van der Waals surface area contributed by atoms with Gasteiger partial charge in [0.25, 0.3) is 0 Å². The lowest BCUT2D eigenvalue weighted by molar-refractivity contribution is -0.164. The van der Waals surface area contributed by atoms with Gasteiger partial charge in [0, 0.05) is 32.8 Å². The van der Waals surface area contributed by atoms with Crippen LogP contribution in [0.4, 0.5) is 0 Å². The number of rotatable bonds is 9. The normalized spacial score (nSPS) is 13.2. The summed E-state index contributed by atoms with van der Waals surface area (Å²) in [4.78, 5) is 11.1. The van der Waals surface area contributed by atoms with Crippen molar-refractivity contribution in [3.05, 3.63) is 12.7 Å². The maximum atomic E-state index is 11.1. The zero-order valence-corrected chi connectivity index (χ0v) is 12.0. The van der Waals surface area contributed by atoms with Gasteiger partial charge in [0.15, 0.2) is 6.29 Å². The molecule has 0 aliphatic heterocycles. The molecule has 1 atom stereocenters. The van der Waals surface area contributed by atoms with Crippen molar-refractivity contribution in [2.45, 2.75) is 39.0 Å². The van der Waals surface area contributed by atoms with Crippen LogP contribution in [0.15, 0.2) is 12.7 Å². The average molecular weight is 262 g/mol. The van der Waals surface area contributed by atoms with Gasteiger partial charge >= 0.3 is 14.8 Å². The molecule has 0 amide bonds. The van der Waals surface area contributed by atoms with Crippen molar-refractivity contribution in [2.24, 2.45) is 0 Å². The predicted octanol–water partition coefficient (Wildman–Crippen LogP) is 2.11. The van der Waals surface area contributed by atoms with Crippen molar-refractivity contribution in [2.75, 3.05) is 14.2 Å². The third kappa shape index (κ3) is 5.45.